The molecule has 0 saturated heterocycles. The molecule has 90 valence electrons. The molecule has 0 saturated carbocycles. The van der Waals surface area contributed by atoms with Crippen molar-refractivity contribution < 1.29 is 4.79 Å². The Balaban J connectivity index is 2.70. The predicted octanol–water partition coefficient (Wildman–Crippen LogP) is 1.58. The number of hydrogen-bond acceptors (Lipinski definition) is 2. The maximum Gasteiger partial charge on any atom is 0.220 e. The van der Waals surface area contributed by atoms with Crippen molar-refractivity contribution in [3.8, 4) is 11.8 Å². The Labute approximate surface area is 102 Å². The molecule has 0 aromatic heterocycles. The third-order valence-corrected chi connectivity index (χ3v) is 2.44. The third kappa shape index (κ3) is 4.29. The van der Waals surface area contributed by atoms with Crippen molar-refractivity contribution in [1.82, 2.24) is 5.32 Å². The lowest BCUT2D eigenvalue weighted by Gasteiger charge is -2.13. The van der Waals surface area contributed by atoms with Crippen LogP contribution in [-0.4, -0.2) is 12.5 Å². The normalized spacial score (nSPS) is 11.2. The number of carbonyl (C=O) groups excluding carboxylic acids is 1. The summed E-state index contributed by atoms with van der Waals surface area (Å²) in [4.78, 5) is 11.3. The van der Waals surface area contributed by atoms with Crippen LogP contribution >= 0.6 is 0 Å². The zero-order valence-corrected chi connectivity index (χ0v) is 10.3. The van der Waals surface area contributed by atoms with Gasteiger partial charge in [-0.15, -0.1) is 0 Å². The van der Waals surface area contributed by atoms with Gasteiger partial charge < -0.3 is 11.1 Å². The van der Waals surface area contributed by atoms with Gasteiger partial charge in [0.1, 0.15) is 0 Å². The second-order valence-corrected chi connectivity index (χ2v) is 3.77. The largest absolute Gasteiger partial charge is 0.350 e. The van der Waals surface area contributed by atoms with Crippen LogP contribution in [-0.2, 0) is 4.79 Å². The summed E-state index contributed by atoms with van der Waals surface area (Å²) in [6, 6.07) is 7.85. The van der Waals surface area contributed by atoms with E-state index in [1.807, 2.05) is 38.1 Å². The number of amides is 1. The Morgan fingerprint density at radius 1 is 1.41 bits per heavy atom. The zero-order valence-electron chi connectivity index (χ0n) is 10.3. The van der Waals surface area contributed by atoms with E-state index in [1.54, 1.807) is 0 Å². The Kier molecular flexibility index (Phi) is 5.25. The van der Waals surface area contributed by atoms with Crippen molar-refractivity contribution >= 4 is 5.91 Å². The number of nitrogens with one attached hydrogen (secondary N) is 1. The van der Waals surface area contributed by atoms with Gasteiger partial charge in [-0.05, 0) is 24.6 Å². The molecule has 0 bridgehead atoms. The van der Waals surface area contributed by atoms with Gasteiger partial charge in [-0.1, -0.05) is 30.9 Å². The van der Waals surface area contributed by atoms with Crippen molar-refractivity contribution in [1.29, 1.82) is 0 Å². The SMILES string of the molecule is CCC(=O)NC(C)c1ccc(C#CCN)cc1. The smallest absolute Gasteiger partial charge is 0.220 e. The van der Waals surface area contributed by atoms with Gasteiger partial charge >= 0.3 is 0 Å². The molecule has 1 aromatic rings. The van der Waals surface area contributed by atoms with E-state index >= 15 is 0 Å². The minimum Gasteiger partial charge on any atom is -0.350 e. The minimum atomic E-state index is 0.0268. The van der Waals surface area contributed by atoms with Gasteiger partial charge in [0.2, 0.25) is 5.91 Å². The van der Waals surface area contributed by atoms with Gasteiger partial charge in [-0.25, -0.2) is 0 Å². The lowest BCUT2D eigenvalue weighted by Crippen LogP contribution is -2.25. The molecule has 3 nitrogen and oxygen atoms in total. The van der Waals surface area contributed by atoms with Crippen LogP contribution in [0.1, 0.15) is 37.4 Å². The fourth-order valence-electron chi connectivity index (χ4n) is 1.44. The second-order valence-electron chi connectivity index (χ2n) is 3.77. The molecule has 1 rings (SSSR count). The maximum absolute atomic E-state index is 11.3. The van der Waals surface area contributed by atoms with Gasteiger partial charge in [0.25, 0.3) is 0 Å². The van der Waals surface area contributed by atoms with Crippen LogP contribution in [0.15, 0.2) is 24.3 Å². The van der Waals surface area contributed by atoms with E-state index in [4.69, 9.17) is 5.73 Å². The second kappa shape index (κ2) is 6.72. The molecule has 3 heteroatoms. The highest BCUT2D eigenvalue weighted by Gasteiger charge is 2.07. The van der Waals surface area contributed by atoms with Gasteiger partial charge in [0.15, 0.2) is 0 Å². The molecule has 0 aliphatic heterocycles. The van der Waals surface area contributed by atoms with Crippen molar-refractivity contribution in [2.75, 3.05) is 6.54 Å². The summed E-state index contributed by atoms with van der Waals surface area (Å²) in [5.74, 6) is 5.82. The highest BCUT2D eigenvalue weighted by atomic mass is 16.1. The molecule has 17 heavy (non-hydrogen) atoms. The first-order valence-electron chi connectivity index (χ1n) is 5.75. The number of carbonyl (C=O) groups is 1. The summed E-state index contributed by atoms with van der Waals surface area (Å²) in [6.45, 7) is 4.17. The molecular formula is C14H18N2O. The summed E-state index contributed by atoms with van der Waals surface area (Å²) >= 11 is 0. The minimum absolute atomic E-state index is 0.0268. The Bertz CT molecular complexity index is 426. The molecular weight excluding hydrogens is 212 g/mol. The maximum atomic E-state index is 11.3. The first kappa shape index (κ1) is 13.3. The van der Waals surface area contributed by atoms with Crippen LogP contribution < -0.4 is 11.1 Å². The van der Waals surface area contributed by atoms with Crippen molar-refractivity contribution in [2.24, 2.45) is 5.73 Å². The van der Waals surface area contributed by atoms with Crippen LogP contribution in [0.5, 0.6) is 0 Å². The topological polar surface area (TPSA) is 55.1 Å². The average Bonchev–Trinajstić information content (AvgIpc) is 2.36. The number of nitrogens with two attached hydrogens (primary N) is 1. The summed E-state index contributed by atoms with van der Waals surface area (Å²) in [7, 11) is 0. The summed E-state index contributed by atoms with van der Waals surface area (Å²) in [6.07, 6.45) is 0.504. The average molecular weight is 230 g/mol. The monoisotopic (exact) mass is 230 g/mol. The third-order valence-electron chi connectivity index (χ3n) is 2.44. The van der Waals surface area contributed by atoms with Crippen molar-refractivity contribution in [2.45, 2.75) is 26.3 Å². The highest BCUT2D eigenvalue weighted by Crippen LogP contribution is 2.13. The highest BCUT2D eigenvalue weighted by molar-refractivity contribution is 5.76. The lowest BCUT2D eigenvalue weighted by molar-refractivity contribution is -0.121. The summed E-state index contributed by atoms with van der Waals surface area (Å²) in [5.41, 5.74) is 7.32. The Morgan fingerprint density at radius 2 is 2.06 bits per heavy atom. The van der Waals surface area contributed by atoms with Crippen LogP contribution in [0, 0.1) is 11.8 Å². The molecule has 1 atom stereocenters. The fourth-order valence-corrected chi connectivity index (χ4v) is 1.44. The molecule has 0 radical (unpaired) electrons. The molecule has 1 unspecified atom stereocenters. The fraction of sp³-hybridized carbons (Fsp3) is 0.357. The molecule has 0 fully saturated rings. The van der Waals surface area contributed by atoms with E-state index in [0.717, 1.165) is 11.1 Å². The molecule has 0 spiro atoms. The Hall–Kier alpha value is -1.79. The van der Waals surface area contributed by atoms with E-state index in [2.05, 4.69) is 17.2 Å². The van der Waals surface area contributed by atoms with Crippen molar-refractivity contribution in [3.05, 3.63) is 35.4 Å². The molecule has 0 aliphatic rings. The summed E-state index contributed by atoms with van der Waals surface area (Å²) in [5, 5.41) is 2.91. The molecule has 0 aliphatic carbocycles. The number of benzene rings is 1. The van der Waals surface area contributed by atoms with Crippen LogP contribution in [0.4, 0.5) is 0 Å². The van der Waals surface area contributed by atoms with E-state index in [9.17, 15) is 4.79 Å². The lowest BCUT2D eigenvalue weighted by atomic mass is 10.1. The first-order chi connectivity index (χ1) is 8.17. The van der Waals surface area contributed by atoms with E-state index in [-0.39, 0.29) is 11.9 Å². The summed E-state index contributed by atoms with van der Waals surface area (Å²) < 4.78 is 0. The van der Waals surface area contributed by atoms with Crippen molar-refractivity contribution in [3.63, 3.8) is 0 Å². The molecule has 1 amide bonds. The predicted molar refractivity (Wildman–Crippen MR) is 69.2 cm³/mol. The standard InChI is InChI=1S/C14H18N2O/c1-3-14(17)16-11(2)13-8-6-12(7-9-13)5-4-10-15/h6-9,11H,3,10,15H2,1-2H3,(H,16,17). The zero-order chi connectivity index (χ0) is 12.7. The molecule has 1 aromatic carbocycles. The van der Waals surface area contributed by atoms with Gasteiger partial charge in [0, 0.05) is 12.0 Å². The van der Waals surface area contributed by atoms with E-state index < -0.39 is 0 Å². The quantitative estimate of drug-likeness (QED) is 0.775. The molecule has 3 N–H and O–H groups in total. The number of hydrogen-bond donors (Lipinski definition) is 2. The van der Waals surface area contributed by atoms with E-state index in [1.165, 1.54) is 0 Å². The van der Waals surface area contributed by atoms with Crippen LogP contribution in [0.25, 0.3) is 0 Å². The first-order valence-corrected chi connectivity index (χ1v) is 5.75. The van der Waals surface area contributed by atoms with Gasteiger partial charge in [-0.2, -0.15) is 0 Å². The Morgan fingerprint density at radius 3 is 2.59 bits per heavy atom. The van der Waals surface area contributed by atoms with Crippen LogP contribution in [0.3, 0.4) is 0 Å². The molecule has 0 heterocycles. The number of rotatable bonds is 3. The van der Waals surface area contributed by atoms with Crippen LogP contribution in [0.2, 0.25) is 0 Å². The van der Waals surface area contributed by atoms with E-state index in [0.29, 0.717) is 13.0 Å². The van der Waals surface area contributed by atoms with Gasteiger partial charge in [-0.3, -0.25) is 4.79 Å². The van der Waals surface area contributed by atoms with Gasteiger partial charge in [0.05, 0.1) is 12.6 Å².